The molecule has 5 heteroatoms. The second-order valence-electron chi connectivity index (χ2n) is 5.96. The minimum absolute atomic E-state index is 0.0404. The average Bonchev–Trinajstić information content (AvgIpc) is 2.87. The van der Waals surface area contributed by atoms with Gasteiger partial charge in [0.15, 0.2) is 11.4 Å². The molecule has 1 aliphatic carbocycles. The highest BCUT2D eigenvalue weighted by molar-refractivity contribution is 6.09. The maximum absolute atomic E-state index is 12.4. The summed E-state index contributed by atoms with van der Waals surface area (Å²) in [5.41, 5.74) is 9.11. The lowest BCUT2D eigenvalue weighted by Crippen LogP contribution is -2.23. The third kappa shape index (κ3) is 2.30. The molecule has 2 aromatic heterocycles. The zero-order valence-corrected chi connectivity index (χ0v) is 12.7. The quantitative estimate of drug-likeness (QED) is 0.877. The molecule has 3 rings (SSSR count). The van der Waals surface area contributed by atoms with Gasteiger partial charge < -0.3 is 5.73 Å². The van der Waals surface area contributed by atoms with Crippen LogP contribution in [-0.4, -0.2) is 20.5 Å². The molecule has 21 heavy (non-hydrogen) atoms. The average molecular weight is 286 g/mol. The summed E-state index contributed by atoms with van der Waals surface area (Å²) in [5, 5.41) is 5.22. The second kappa shape index (κ2) is 5.47. The van der Waals surface area contributed by atoms with E-state index in [-0.39, 0.29) is 11.7 Å². The van der Waals surface area contributed by atoms with Crippen molar-refractivity contribution in [3.8, 4) is 0 Å². The number of nitrogens with zero attached hydrogens (tertiary/aromatic N) is 3. The number of nitrogens with two attached hydrogens (primary N) is 1. The van der Waals surface area contributed by atoms with Gasteiger partial charge in [0, 0.05) is 12.5 Å². The van der Waals surface area contributed by atoms with Gasteiger partial charge in [0.25, 0.3) is 0 Å². The molecule has 2 aromatic rings. The van der Waals surface area contributed by atoms with Crippen molar-refractivity contribution in [2.24, 2.45) is 5.92 Å². The first-order valence-corrected chi connectivity index (χ1v) is 7.81. The number of hydrogen-bond acceptors (Lipinski definition) is 4. The fraction of sp³-hybridized carbons (Fsp3) is 0.562. The summed E-state index contributed by atoms with van der Waals surface area (Å²) in [4.78, 5) is 17.1. The van der Waals surface area contributed by atoms with Gasteiger partial charge in [-0.15, -0.1) is 0 Å². The van der Waals surface area contributed by atoms with Gasteiger partial charge in [-0.05, 0) is 19.3 Å². The minimum Gasteiger partial charge on any atom is -0.397 e. The van der Waals surface area contributed by atoms with Crippen molar-refractivity contribution in [1.82, 2.24) is 14.8 Å². The molecular formula is C16H22N4O. The molecule has 0 fully saturated rings. The molecular weight excluding hydrogens is 264 g/mol. The molecule has 0 aromatic carbocycles. The number of hydrogen-bond donors (Lipinski definition) is 1. The summed E-state index contributed by atoms with van der Waals surface area (Å²) < 4.78 is 1.92. The highest BCUT2D eigenvalue weighted by atomic mass is 16.1. The molecule has 0 aliphatic heterocycles. The third-order valence-electron chi connectivity index (χ3n) is 4.38. The first-order valence-electron chi connectivity index (χ1n) is 7.81. The molecule has 0 spiro atoms. The molecule has 1 unspecified atom stereocenters. The van der Waals surface area contributed by atoms with Crippen LogP contribution in [-0.2, 0) is 13.0 Å². The Morgan fingerprint density at radius 3 is 3.00 bits per heavy atom. The van der Waals surface area contributed by atoms with Crippen LogP contribution in [0, 0.1) is 5.92 Å². The van der Waals surface area contributed by atoms with Gasteiger partial charge in [0.05, 0.1) is 28.5 Å². The van der Waals surface area contributed by atoms with Gasteiger partial charge in [-0.25, -0.2) is 9.67 Å². The Bertz CT molecular complexity index is 689. The Kier molecular flexibility index (Phi) is 3.66. The molecule has 5 nitrogen and oxygen atoms in total. The maximum Gasteiger partial charge on any atom is 0.169 e. The normalized spacial score (nSPS) is 18.2. The summed E-state index contributed by atoms with van der Waals surface area (Å²) in [6.07, 6.45) is 6.86. The van der Waals surface area contributed by atoms with Crippen molar-refractivity contribution in [3.63, 3.8) is 0 Å². The van der Waals surface area contributed by atoms with Crippen molar-refractivity contribution in [2.45, 2.75) is 52.5 Å². The van der Waals surface area contributed by atoms with E-state index in [0.29, 0.717) is 11.3 Å². The van der Waals surface area contributed by atoms with Crippen molar-refractivity contribution in [1.29, 1.82) is 0 Å². The third-order valence-corrected chi connectivity index (χ3v) is 4.38. The number of aryl methyl sites for hydroxylation is 2. The lowest BCUT2D eigenvalue weighted by molar-refractivity contribution is 0.0914. The zero-order chi connectivity index (χ0) is 15.0. The van der Waals surface area contributed by atoms with Crippen LogP contribution in [0.3, 0.4) is 0 Å². The minimum atomic E-state index is 0.0404. The predicted octanol–water partition coefficient (Wildman–Crippen LogP) is 2.97. The van der Waals surface area contributed by atoms with E-state index in [4.69, 9.17) is 10.7 Å². The number of anilines is 1. The van der Waals surface area contributed by atoms with Gasteiger partial charge in [0.2, 0.25) is 0 Å². The van der Waals surface area contributed by atoms with Crippen molar-refractivity contribution >= 4 is 22.5 Å². The summed E-state index contributed by atoms with van der Waals surface area (Å²) in [6, 6.07) is 0. The van der Waals surface area contributed by atoms with Gasteiger partial charge in [-0.3, -0.25) is 4.79 Å². The van der Waals surface area contributed by atoms with E-state index in [9.17, 15) is 4.79 Å². The molecule has 112 valence electrons. The monoisotopic (exact) mass is 286 g/mol. The summed E-state index contributed by atoms with van der Waals surface area (Å²) in [6.45, 7) is 5.00. The van der Waals surface area contributed by atoms with E-state index in [2.05, 4.69) is 12.0 Å². The smallest absolute Gasteiger partial charge is 0.169 e. The van der Waals surface area contributed by atoms with Crippen LogP contribution in [0.5, 0.6) is 0 Å². The van der Waals surface area contributed by atoms with Gasteiger partial charge in [0.1, 0.15) is 0 Å². The Labute approximate surface area is 124 Å². The van der Waals surface area contributed by atoms with E-state index in [1.165, 1.54) is 12.8 Å². The molecule has 0 amide bonds. The van der Waals surface area contributed by atoms with Crippen LogP contribution in [0.25, 0.3) is 11.0 Å². The number of rotatable bonds is 4. The zero-order valence-electron chi connectivity index (χ0n) is 12.7. The number of nitrogen functional groups attached to an aromatic ring is 1. The number of carbonyl (C=O) groups is 1. The van der Waals surface area contributed by atoms with Crippen LogP contribution >= 0.6 is 0 Å². The van der Waals surface area contributed by atoms with Crippen LogP contribution < -0.4 is 5.73 Å². The van der Waals surface area contributed by atoms with Gasteiger partial charge >= 0.3 is 0 Å². The summed E-state index contributed by atoms with van der Waals surface area (Å²) >= 11 is 0. The van der Waals surface area contributed by atoms with E-state index >= 15 is 0 Å². The molecule has 0 radical (unpaired) electrons. The number of pyridine rings is 1. The van der Waals surface area contributed by atoms with Crippen molar-refractivity contribution in [3.05, 3.63) is 17.5 Å². The van der Waals surface area contributed by atoms with Crippen LogP contribution in [0.15, 0.2) is 6.20 Å². The summed E-state index contributed by atoms with van der Waals surface area (Å²) in [5.74, 6) is 0.167. The maximum atomic E-state index is 12.4. The molecule has 0 bridgehead atoms. The van der Waals surface area contributed by atoms with Crippen LogP contribution in [0.1, 0.15) is 55.6 Å². The van der Waals surface area contributed by atoms with Crippen molar-refractivity contribution in [2.75, 3.05) is 5.73 Å². The largest absolute Gasteiger partial charge is 0.397 e. The molecule has 1 aliphatic rings. The number of aromatic nitrogens is 3. The van der Waals surface area contributed by atoms with Crippen molar-refractivity contribution < 1.29 is 4.79 Å². The molecule has 1 atom stereocenters. The van der Waals surface area contributed by atoms with Gasteiger partial charge in [-0.2, -0.15) is 5.10 Å². The Hall–Kier alpha value is -1.91. The molecule has 2 heterocycles. The molecule has 0 saturated carbocycles. The van der Waals surface area contributed by atoms with Gasteiger partial charge in [-0.1, -0.05) is 26.7 Å². The van der Waals surface area contributed by atoms with E-state index < -0.39 is 0 Å². The molecule has 2 N–H and O–H groups in total. The van der Waals surface area contributed by atoms with E-state index in [0.717, 1.165) is 42.5 Å². The number of fused-ring (bicyclic) bond motifs is 2. The lowest BCUT2D eigenvalue weighted by Gasteiger charge is -2.21. The Morgan fingerprint density at radius 1 is 1.43 bits per heavy atom. The Balaban J connectivity index is 2.06. The number of carbonyl (C=O) groups excluding carboxylic acids is 1. The SMILES string of the molecule is CCCCCn1ncc2c(N)c3c(nc21)CCC(C)C3=O. The lowest BCUT2D eigenvalue weighted by atomic mass is 9.85. The topological polar surface area (TPSA) is 73.8 Å². The summed E-state index contributed by atoms with van der Waals surface area (Å²) in [7, 11) is 0. The van der Waals surface area contributed by atoms with E-state index in [1.54, 1.807) is 6.20 Å². The standard InChI is InChI=1S/C16H22N4O/c1-3-4-5-8-20-16-11(9-18-20)14(17)13-12(19-16)7-6-10(2)15(13)21/h9-10H,3-8H2,1-2H3,(H2,17,19). The number of unbranched alkanes of at least 4 members (excludes halogenated alkanes) is 2. The van der Waals surface area contributed by atoms with Crippen LogP contribution in [0.4, 0.5) is 5.69 Å². The first-order chi connectivity index (χ1) is 10.1. The fourth-order valence-electron chi connectivity index (χ4n) is 3.02. The number of ketones is 1. The van der Waals surface area contributed by atoms with Crippen LogP contribution in [0.2, 0.25) is 0 Å². The number of Topliss-reactive ketones (excluding diaryl/α,β-unsaturated/α-hetero) is 1. The first kappa shape index (κ1) is 14.0. The highest BCUT2D eigenvalue weighted by Gasteiger charge is 2.29. The predicted molar refractivity (Wildman–Crippen MR) is 83.3 cm³/mol. The highest BCUT2D eigenvalue weighted by Crippen LogP contribution is 2.33. The molecule has 0 saturated heterocycles. The second-order valence-corrected chi connectivity index (χ2v) is 5.96. The Morgan fingerprint density at radius 2 is 2.24 bits per heavy atom. The van der Waals surface area contributed by atoms with E-state index in [1.807, 2.05) is 11.6 Å². The fourth-order valence-corrected chi connectivity index (χ4v) is 3.02.